The molecule has 17 heteroatoms. The van der Waals surface area contributed by atoms with Crippen LogP contribution in [-0.2, 0) is 40.0 Å². The Labute approximate surface area is 340 Å². The Balaban J connectivity index is 1.78. The van der Waals surface area contributed by atoms with Gasteiger partial charge in [0.1, 0.15) is 36.3 Å². The largest absolute Gasteiger partial charge is 0.480 e. The molecule has 2 aromatic rings. The SMILES string of the molecule is CC(C)C[C@H](NC(=O)[C@@H](N)CCCCN)C(=O)N[C@H](C(=O)N[C@@H](C)C(=O)N[C@@H](Cc1c[nH]c2ccccc12)C(=O)N[C@H](C(=O)N1CCC[C@H]1C(=O)O)C(C)C)C(C)C. The molecule has 17 nitrogen and oxygen atoms in total. The fourth-order valence-electron chi connectivity index (χ4n) is 7.04. The van der Waals surface area contributed by atoms with Crippen molar-refractivity contribution in [3.8, 4) is 0 Å². The summed E-state index contributed by atoms with van der Waals surface area (Å²) in [6.45, 7) is 12.9. The van der Waals surface area contributed by atoms with E-state index in [1.807, 2.05) is 38.1 Å². The van der Waals surface area contributed by atoms with Crippen molar-refractivity contribution in [2.75, 3.05) is 13.1 Å². The molecule has 322 valence electrons. The number of likely N-dealkylation sites (tertiary alicyclic amines) is 1. The molecule has 0 saturated carbocycles. The second-order valence-corrected chi connectivity index (χ2v) is 16.4. The predicted molar refractivity (Wildman–Crippen MR) is 220 cm³/mol. The quantitative estimate of drug-likeness (QED) is 0.0763. The number of carbonyl (C=O) groups excluding carboxylic acids is 6. The number of fused-ring (bicyclic) bond motifs is 1. The molecule has 1 aromatic carbocycles. The van der Waals surface area contributed by atoms with Crippen molar-refractivity contribution >= 4 is 52.3 Å². The zero-order chi connectivity index (χ0) is 43.3. The molecule has 0 unspecified atom stereocenters. The standard InChI is InChI=1S/C41H65N9O8/c1-22(2)19-30(47-36(52)28(43)14-10-11-17-42)37(53)48-33(23(3)4)39(55)45-25(7)35(51)46-31(20-26-21-44-29-15-9-8-13-27(26)29)38(54)49-34(24(5)6)40(56)50-18-12-16-32(50)41(57)58/h8-9,13,15,21-25,28,30-34,44H,10-12,14,16-20,42-43H2,1-7H3,(H,45,55)(H,46,51)(H,47,52)(H,48,53)(H,49,54)(H,57,58)/t25-,28-,30-,31-,32-,33-,34-/m0/s1. The van der Waals surface area contributed by atoms with Crippen molar-refractivity contribution in [2.45, 2.75) is 136 Å². The third-order valence-corrected chi connectivity index (χ3v) is 10.4. The van der Waals surface area contributed by atoms with Crippen molar-refractivity contribution in [3.63, 3.8) is 0 Å². The van der Waals surface area contributed by atoms with Gasteiger partial charge in [-0.25, -0.2) is 4.79 Å². The molecule has 1 aromatic heterocycles. The van der Waals surface area contributed by atoms with Crippen molar-refractivity contribution in [3.05, 3.63) is 36.0 Å². The molecular formula is C41H65N9O8. The molecule has 2 heterocycles. The highest BCUT2D eigenvalue weighted by Crippen LogP contribution is 2.22. The number of carbonyl (C=O) groups is 7. The highest BCUT2D eigenvalue weighted by atomic mass is 16.4. The number of carboxylic acid groups (broad SMARTS) is 1. The van der Waals surface area contributed by atoms with Crippen molar-refractivity contribution in [1.29, 1.82) is 0 Å². The molecule has 1 aliphatic rings. The maximum Gasteiger partial charge on any atom is 0.326 e. The molecule has 1 fully saturated rings. The average Bonchev–Trinajstić information content (AvgIpc) is 3.82. The molecule has 1 aliphatic heterocycles. The summed E-state index contributed by atoms with van der Waals surface area (Å²) < 4.78 is 0. The fourth-order valence-corrected chi connectivity index (χ4v) is 7.04. The summed E-state index contributed by atoms with van der Waals surface area (Å²) in [6.07, 6.45) is 4.65. The number of nitrogens with one attached hydrogen (secondary N) is 6. The number of nitrogens with two attached hydrogens (primary N) is 2. The number of rotatable bonds is 22. The molecule has 1 saturated heterocycles. The van der Waals surface area contributed by atoms with Gasteiger partial charge in [0, 0.05) is 30.1 Å². The molecule has 7 atom stereocenters. The van der Waals surface area contributed by atoms with E-state index in [-0.39, 0.29) is 18.9 Å². The van der Waals surface area contributed by atoms with Crippen LogP contribution in [0.3, 0.4) is 0 Å². The Bertz CT molecular complexity index is 1740. The third kappa shape index (κ3) is 13.3. The summed E-state index contributed by atoms with van der Waals surface area (Å²) in [5, 5.41) is 24.2. The summed E-state index contributed by atoms with van der Waals surface area (Å²) in [6, 6.07) is 0.109. The Morgan fingerprint density at radius 1 is 0.793 bits per heavy atom. The highest BCUT2D eigenvalue weighted by molar-refractivity contribution is 5.97. The first-order valence-corrected chi connectivity index (χ1v) is 20.4. The van der Waals surface area contributed by atoms with Crippen LogP contribution in [0.4, 0.5) is 0 Å². The smallest absolute Gasteiger partial charge is 0.326 e. The summed E-state index contributed by atoms with van der Waals surface area (Å²) >= 11 is 0. The lowest BCUT2D eigenvalue weighted by Gasteiger charge is -2.31. The summed E-state index contributed by atoms with van der Waals surface area (Å²) in [4.78, 5) is 98.0. The van der Waals surface area contributed by atoms with Gasteiger partial charge in [-0.3, -0.25) is 28.8 Å². The van der Waals surface area contributed by atoms with Gasteiger partial charge in [0.15, 0.2) is 0 Å². The van der Waals surface area contributed by atoms with Crippen LogP contribution in [-0.4, -0.2) is 112 Å². The number of hydrogen-bond acceptors (Lipinski definition) is 9. The van der Waals surface area contributed by atoms with Crippen molar-refractivity contribution in [2.24, 2.45) is 29.2 Å². The van der Waals surface area contributed by atoms with Crippen LogP contribution < -0.4 is 38.1 Å². The van der Waals surface area contributed by atoms with E-state index in [9.17, 15) is 38.7 Å². The van der Waals surface area contributed by atoms with Crippen LogP contribution in [0, 0.1) is 17.8 Å². The van der Waals surface area contributed by atoms with Crippen LogP contribution in [0.2, 0.25) is 0 Å². The number of unbranched alkanes of at least 4 members (excludes halogenated alkanes) is 1. The minimum Gasteiger partial charge on any atom is -0.480 e. The molecule has 3 rings (SSSR count). The Kier molecular flexibility index (Phi) is 18.1. The Hall–Kier alpha value is -5.03. The molecule has 0 spiro atoms. The van der Waals surface area contributed by atoms with E-state index >= 15 is 0 Å². The van der Waals surface area contributed by atoms with Crippen molar-refractivity contribution < 1.29 is 38.7 Å². The number of benzene rings is 1. The van der Waals surface area contributed by atoms with Gasteiger partial charge < -0.3 is 53.0 Å². The fraction of sp³-hybridized carbons (Fsp3) is 0.634. The number of nitrogens with zero attached hydrogens (tertiary/aromatic N) is 1. The van der Waals surface area contributed by atoms with Crippen LogP contribution in [0.1, 0.15) is 92.6 Å². The van der Waals surface area contributed by atoms with Crippen LogP contribution in [0.25, 0.3) is 10.9 Å². The van der Waals surface area contributed by atoms with E-state index in [0.717, 1.165) is 10.9 Å². The van der Waals surface area contributed by atoms with Gasteiger partial charge in [-0.15, -0.1) is 0 Å². The number of carboxylic acids is 1. The summed E-state index contributed by atoms with van der Waals surface area (Å²) in [5.41, 5.74) is 13.2. The molecule has 11 N–H and O–H groups in total. The van der Waals surface area contributed by atoms with Crippen LogP contribution >= 0.6 is 0 Å². The first-order valence-electron chi connectivity index (χ1n) is 20.4. The van der Waals surface area contributed by atoms with Gasteiger partial charge in [-0.2, -0.15) is 0 Å². The highest BCUT2D eigenvalue weighted by Gasteiger charge is 2.40. The number of aromatic nitrogens is 1. The van der Waals surface area contributed by atoms with Crippen LogP contribution in [0.15, 0.2) is 30.5 Å². The molecular weight excluding hydrogens is 747 g/mol. The monoisotopic (exact) mass is 811 g/mol. The van der Waals surface area contributed by atoms with E-state index in [0.29, 0.717) is 50.6 Å². The molecule has 0 bridgehead atoms. The summed E-state index contributed by atoms with van der Waals surface area (Å²) in [7, 11) is 0. The van der Waals surface area contributed by atoms with E-state index in [1.165, 1.54) is 11.8 Å². The first kappa shape index (κ1) is 47.3. The zero-order valence-electron chi connectivity index (χ0n) is 34.9. The minimum absolute atomic E-state index is 0.0183. The number of hydrogen-bond donors (Lipinski definition) is 9. The average molecular weight is 812 g/mol. The Morgan fingerprint density at radius 3 is 2.03 bits per heavy atom. The second-order valence-electron chi connectivity index (χ2n) is 16.4. The van der Waals surface area contributed by atoms with Crippen LogP contribution in [0.5, 0.6) is 0 Å². The lowest BCUT2D eigenvalue weighted by molar-refractivity contribution is -0.150. The van der Waals surface area contributed by atoms with Gasteiger partial charge in [-0.05, 0) is 75.0 Å². The van der Waals surface area contributed by atoms with E-state index < -0.39 is 95.5 Å². The Morgan fingerprint density at radius 2 is 1.41 bits per heavy atom. The van der Waals surface area contributed by atoms with E-state index in [4.69, 9.17) is 11.5 Å². The van der Waals surface area contributed by atoms with Gasteiger partial charge >= 0.3 is 5.97 Å². The van der Waals surface area contributed by atoms with E-state index in [2.05, 4.69) is 31.6 Å². The zero-order valence-corrected chi connectivity index (χ0v) is 34.9. The lowest BCUT2D eigenvalue weighted by atomic mass is 9.99. The number of H-pyrrole nitrogens is 1. The number of amides is 6. The molecule has 58 heavy (non-hydrogen) atoms. The second kappa shape index (κ2) is 22.2. The maximum atomic E-state index is 14.1. The number of aliphatic carboxylic acids is 1. The van der Waals surface area contributed by atoms with Crippen molar-refractivity contribution in [1.82, 2.24) is 36.5 Å². The third-order valence-electron chi connectivity index (χ3n) is 10.4. The maximum absolute atomic E-state index is 14.1. The first-order chi connectivity index (χ1) is 27.4. The lowest BCUT2D eigenvalue weighted by Crippen LogP contribution is -2.60. The molecule has 6 amide bonds. The summed E-state index contributed by atoms with van der Waals surface area (Å²) in [5.74, 6) is -5.53. The normalized spacial score (nSPS) is 17.3. The molecule has 0 aliphatic carbocycles. The van der Waals surface area contributed by atoms with Gasteiger partial charge in [-0.1, -0.05) is 66.2 Å². The van der Waals surface area contributed by atoms with Gasteiger partial charge in [0.05, 0.1) is 6.04 Å². The molecule has 0 radical (unpaired) electrons. The van der Waals surface area contributed by atoms with E-state index in [1.54, 1.807) is 33.9 Å². The predicted octanol–water partition coefficient (Wildman–Crippen LogP) is 1.04. The number of para-hydroxylation sites is 1. The topological polar surface area (TPSA) is 271 Å². The minimum atomic E-state index is -1.21. The van der Waals surface area contributed by atoms with Gasteiger partial charge in [0.25, 0.3) is 0 Å². The number of aromatic amines is 1. The van der Waals surface area contributed by atoms with Gasteiger partial charge in [0.2, 0.25) is 35.4 Å².